The molecule has 0 spiro atoms. The van der Waals surface area contributed by atoms with Crippen LogP contribution in [0.5, 0.6) is 0 Å². The van der Waals surface area contributed by atoms with Crippen molar-refractivity contribution in [2.24, 2.45) is 5.73 Å². The molecular formula is C17H19N3S. The van der Waals surface area contributed by atoms with Crippen LogP contribution in [0.4, 0.5) is 11.5 Å². The van der Waals surface area contributed by atoms with Gasteiger partial charge in [0.1, 0.15) is 10.8 Å². The first-order valence-electron chi connectivity index (χ1n) is 7.21. The summed E-state index contributed by atoms with van der Waals surface area (Å²) in [5.41, 5.74) is 12.6. The van der Waals surface area contributed by atoms with Gasteiger partial charge in [-0.15, -0.1) is 0 Å². The van der Waals surface area contributed by atoms with Crippen LogP contribution in [0.1, 0.15) is 34.4 Å². The molecule has 1 aromatic heterocycles. The summed E-state index contributed by atoms with van der Waals surface area (Å²) in [5.74, 6) is 0.775. The molecule has 21 heavy (non-hydrogen) atoms. The second-order valence-electron chi connectivity index (χ2n) is 5.65. The number of thiocarbonyl (C=S) groups is 1. The monoisotopic (exact) mass is 297 g/mol. The highest BCUT2D eigenvalue weighted by atomic mass is 32.1. The van der Waals surface area contributed by atoms with Crippen LogP contribution in [-0.2, 0) is 12.8 Å². The molecule has 1 aliphatic carbocycles. The summed E-state index contributed by atoms with van der Waals surface area (Å²) in [6.45, 7) is 4.16. The van der Waals surface area contributed by atoms with Crippen LogP contribution in [0.3, 0.4) is 0 Å². The van der Waals surface area contributed by atoms with Crippen molar-refractivity contribution in [1.82, 2.24) is 4.98 Å². The lowest BCUT2D eigenvalue weighted by atomic mass is 10.1. The number of rotatable bonds is 3. The van der Waals surface area contributed by atoms with E-state index in [1.807, 2.05) is 0 Å². The minimum Gasteiger partial charge on any atom is -0.389 e. The number of nitrogens with two attached hydrogens (primary N) is 1. The third-order valence-electron chi connectivity index (χ3n) is 3.96. The molecule has 0 saturated heterocycles. The van der Waals surface area contributed by atoms with Gasteiger partial charge in [0.05, 0.1) is 5.56 Å². The van der Waals surface area contributed by atoms with Gasteiger partial charge < -0.3 is 11.1 Å². The average molecular weight is 297 g/mol. The van der Waals surface area contributed by atoms with Crippen molar-refractivity contribution in [3.8, 4) is 0 Å². The maximum absolute atomic E-state index is 5.88. The quantitative estimate of drug-likeness (QED) is 0.851. The van der Waals surface area contributed by atoms with Gasteiger partial charge in [-0.05, 0) is 61.9 Å². The molecule has 0 radical (unpaired) electrons. The molecule has 3 nitrogen and oxygen atoms in total. The molecule has 0 aliphatic heterocycles. The largest absolute Gasteiger partial charge is 0.389 e. The van der Waals surface area contributed by atoms with Crippen molar-refractivity contribution < 1.29 is 0 Å². The molecule has 3 N–H and O–H groups in total. The van der Waals surface area contributed by atoms with Crippen LogP contribution in [0, 0.1) is 13.8 Å². The number of nitrogens with zero attached hydrogens (tertiary/aromatic N) is 1. The predicted molar refractivity (Wildman–Crippen MR) is 91.3 cm³/mol. The molecule has 0 atom stereocenters. The number of pyridine rings is 1. The highest BCUT2D eigenvalue weighted by molar-refractivity contribution is 7.80. The van der Waals surface area contributed by atoms with E-state index in [9.17, 15) is 0 Å². The number of aromatic nitrogens is 1. The summed E-state index contributed by atoms with van der Waals surface area (Å²) >= 11 is 5.19. The smallest absolute Gasteiger partial charge is 0.140 e. The van der Waals surface area contributed by atoms with Crippen LogP contribution in [0.25, 0.3) is 0 Å². The summed E-state index contributed by atoms with van der Waals surface area (Å²) in [5, 5.41) is 3.41. The van der Waals surface area contributed by atoms with Crippen LogP contribution >= 0.6 is 12.2 Å². The van der Waals surface area contributed by atoms with E-state index in [4.69, 9.17) is 22.9 Å². The fraction of sp³-hybridized carbons (Fsp3) is 0.294. The average Bonchev–Trinajstić information content (AvgIpc) is 2.89. The Morgan fingerprint density at radius 1 is 1.24 bits per heavy atom. The summed E-state index contributed by atoms with van der Waals surface area (Å²) in [4.78, 5) is 5.16. The van der Waals surface area contributed by atoms with Gasteiger partial charge in [-0.25, -0.2) is 4.98 Å². The third-order valence-corrected chi connectivity index (χ3v) is 4.18. The van der Waals surface area contributed by atoms with E-state index in [1.54, 1.807) is 0 Å². The first-order chi connectivity index (χ1) is 10.0. The van der Waals surface area contributed by atoms with Gasteiger partial charge in [-0.3, -0.25) is 0 Å². The molecule has 108 valence electrons. The van der Waals surface area contributed by atoms with Crippen LogP contribution in [-0.4, -0.2) is 9.97 Å². The number of hydrogen-bond donors (Lipinski definition) is 2. The fourth-order valence-corrected chi connectivity index (χ4v) is 2.91. The number of benzene rings is 1. The van der Waals surface area contributed by atoms with Crippen molar-refractivity contribution in [3.63, 3.8) is 0 Å². The third kappa shape index (κ3) is 2.76. The summed E-state index contributed by atoms with van der Waals surface area (Å²) in [7, 11) is 0. The van der Waals surface area contributed by atoms with Crippen LogP contribution < -0.4 is 11.1 Å². The Hall–Kier alpha value is -1.94. The van der Waals surface area contributed by atoms with Gasteiger partial charge in [-0.1, -0.05) is 24.4 Å². The molecule has 1 aromatic carbocycles. The van der Waals surface area contributed by atoms with E-state index in [0.29, 0.717) is 4.99 Å². The molecule has 1 aliphatic rings. The predicted octanol–water partition coefficient (Wildman–Crippen LogP) is 3.56. The Kier molecular flexibility index (Phi) is 3.64. The Labute approximate surface area is 130 Å². The molecule has 3 rings (SSSR count). The summed E-state index contributed by atoms with van der Waals surface area (Å²) < 4.78 is 0. The van der Waals surface area contributed by atoms with E-state index in [0.717, 1.165) is 36.3 Å². The Morgan fingerprint density at radius 2 is 2.05 bits per heavy atom. The fourth-order valence-electron chi connectivity index (χ4n) is 2.75. The van der Waals surface area contributed by atoms with Crippen molar-refractivity contribution in [1.29, 1.82) is 0 Å². The van der Waals surface area contributed by atoms with E-state index in [-0.39, 0.29) is 0 Å². The van der Waals surface area contributed by atoms with E-state index in [1.165, 1.54) is 22.4 Å². The molecule has 2 aromatic rings. The second-order valence-corrected chi connectivity index (χ2v) is 6.09. The molecule has 0 unspecified atom stereocenters. The topological polar surface area (TPSA) is 50.9 Å². The van der Waals surface area contributed by atoms with Gasteiger partial charge in [0.15, 0.2) is 0 Å². The van der Waals surface area contributed by atoms with Gasteiger partial charge in [0.2, 0.25) is 0 Å². The molecule has 0 saturated carbocycles. The Bertz CT molecular complexity index is 722. The van der Waals surface area contributed by atoms with Crippen LogP contribution in [0.2, 0.25) is 0 Å². The van der Waals surface area contributed by atoms with Crippen LogP contribution in [0.15, 0.2) is 24.3 Å². The number of anilines is 2. The molecule has 1 heterocycles. The molecule has 0 amide bonds. The van der Waals surface area contributed by atoms with Gasteiger partial charge in [-0.2, -0.15) is 0 Å². The first-order valence-corrected chi connectivity index (χ1v) is 7.62. The summed E-state index contributed by atoms with van der Waals surface area (Å²) in [6.07, 6.45) is 3.27. The maximum Gasteiger partial charge on any atom is 0.140 e. The van der Waals surface area contributed by atoms with E-state index in [2.05, 4.69) is 43.4 Å². The maximum atomic E-state index is 5.88. The SMILES string of the molecule is Cc1ccc(C)c(Nc2nc3c(cc2C(N)=S)CCC3)c1. The number of nitrogens with one attached hydrogen (secondary N) is 1. The van der Waals surface area contributed by atoms with Gasteiger partial charge in [0.25, 0.3) is 0 Å². The number of fused-ring (bicyclic) bond motifs is 1. The zero-order valence-corrected chi connectivity index (χ0v) is 13.2. The second kappa shape index (κ2) is 5.45. The molecule has 0 fully saturated rings. The lowest BCUT2D eigenvalue weighted by Crippen LogP contribution is -2.14. The number of aryl methyl sites for hydroxylation is 4. The summed E-state index contributed by atoms with van der Waals surface area (Å²) in [6, 6.07) is 8.43. The van der Waals surface area contributed by atoms with E-state index >= 15 is 0 Å². The minimum absolute atomic E-state index is 0.394. The van der Waals surface area contributed by atoms with Crippen molar-refractivity contribution in [2.75, 3.05) is 5.32 Å². The van der Waals surface area contributed by atoms with E-state index < -0.39 is 0 Å². The molecular weight excluding hydrogens is 278 g/mol. The lowest BCUT2D eigenvalue weighted by molar-refractivity contribution is 0.900. The lowest BCUT2D eigenvalue weighted by Gasteiger charge is -2.15. The zero-order chi connectivity index (χ0) is 15.0. The van der Waals surface area contributed by atoms with Gasteiger partial charge in [0, 0.05) is 11.4 Å². The Balaban J connectivity index is 2.05. The highest BCUT2D eigenvalue weighted by Gasteiger charge is 2.18. The molecule has 4 heteroatoms. The van der Waals surface area contributed by atoms with Crippen molar-refractivity contribution in [2.45, 2.75) is 33.1 Å². The van der Waals surface area contributed by atoms with Crippen molar-refractivity contribution in [3.05, 3.63) is 52.2 Å². The minimum atomic E-state index is 0.394. The number of hydrogen-bond acceptors (Lipinski definition) is 3. The standard InChI is InChI=1S/C17H19N3S/c1-10-6-7-11(2)15(8-10)20-17-13(16(18)21)9-12-4-3-5-14(12)19-17/h6-9H,3-5H2,1-2H3,(H2,18,21)(H,19,20). The Morgan fingerprint density at radius 3 is 2.81 bits per heavy atom. The molecule has 0 bridgehead atoms. The van der Waals surface area contributed by atoms with Gasteiger partial charge >= 0.3 is 0 Å². The van der Waals surface area contributed by atoms with Crippen molar-refractivity contribution >= 4 is 28.7 Å². The normalized spacial score (nSPS) is 13.0. The highest BCUT2D eigenvalue weighted by Crippen LogP contribution is 2.28. The zero-order valence-electron chi connectivity index (χ0n) is 12.4. The first kappa shape index (κ1) is 14.0.